The molecule has 88 valence electrons. The first-order chi connectivity index (χ1) is 7.06. The van der Waals surface area contributed by atoms with Crippen LogP contribution in [0.2, 0.25) is 0 Å². The molecule has 0 aromatic heterocycles. The van der Waals surface area contributed by atoms with Gasteiger partial charge >= 0.3 is 0 Å². The largest absolute Gasteiger partial charge is 0.353 e. The molecule has 4 unspecified atom stereocenters. The molecule has 1 aliphatic rings. The van der Waals surface area contributed by atoms with Gasteiger partial charge in [-0.2, -0.15) is 0 Å². The zero-order valence-corrected chi connectivity index (χ0v) is 10.1. The average Bonchev–Trinajstić information content (AvgIpc) is 2.63. The second-order valence-corrected chi connectivity index (χ2v) is 4.88. The highest BCUT2D eigenvalue weighted by atomic mass is 16.2. The van der Waals surface area contributed by atoms with E-state index in [0.29, 0.717) is 5.92 Å². The van der Waals surface area contributed by atoms with E-state index in [2.05, 4.69) is 26.1 Å². The molecule has 1 amide bonds. The number of carbonyl (C=O) groups excluding carboxylic acids is 1. The van der Waals surface area contributed by atoms with Crippen molar-refractivity contribution >= 4 is 5.91 Å². The van der Waals surface area contributed by atoms with Gasteiger partial charge in [-0.15, -0.1) is 0 Å². The normalized spacial score (nSPS) is 29.9. The van der Waals surface area contributed by atoms with Gasteiger partial charge in [0.15, 0.2) is 0 Å². The van der Waals surface area contributed by atoms with E-state index in [9.17, 15) is 4.79 Å². The van der Waals surface area contributed by atoms with Crippen LogP contribution in [-0.2, 0) is 4.79 Å². The molecule has 0 bridgehead atoms. The van der Waals surface area contributed by atoms with Crippen molar-refractivity contribution in [3.05, 3.63) is 0 Å². The van der Waals surface area contributed by atoms with E-state index < -0.39 is 0 Å². The van der Waals surface area contributed by atoms with Gasteiger partial charge in [0, 0.05) is 12.1 Å². The Morgan fingerprint density at radius 3 is 2.60 bits per heavy atom. The van der Waals surface area contributed by atoms with Crippen LogP contribution < -0.4 is 11.1 Å². The SMILES string of the molecule is CCC(C)C(C)NC(=O)C1CCCC1N. The molecule has 0 heterocycles. The number of hydrogen-bond acceptors (Lipinski definition) is 2. The van der Waals surface area contributed by atoms with Crippen LogP contribution in [0.4, 0.5) is 0 Å². The molecule has 3 heteroatoms. The fourth-order valence-corrected chi connectivity index (χ4v) is 2.14. The Labute approximate surface area is 92.8 Å². The van der Waals surface area contributed by atoms with Crippen molar-refractivity contribution in [3.8, 4) is 0 Å². The Kier molecular flexibility index (Phi) is 4.58. The summed E-state index contributed by atoms with van der Waals surface area (Å²) in [6.45, 7) is 6.39. The minimum Gasteiger partial charge on any atom is -0.353 e. The predicted octanol–water partition coefficient (Wildman–Crippen LogP) is 1.66. The fraction of sp³-hybridized carbons (Fsp3) is 0.917. The van der Waals surface area contributed by atoms with Crippen molar-refractivity contribution in [3.63, 3.8) is 0 Å². The molecule has 0 aliphatic heterocycles. The maximum atomic E-state index is 11.9. The summed E-state index contributed by atoms with van der Waals surface area (Å²) in [5.74, 6) is 0.746. The first kappa shape index (κ1) is 12.5. The number of carbonyl (C=O) groups is 1. The lowest BCUT2D eigenvalue weighted by molar-refractivity contribution is -0.126. The van der Waals surface area contributed by atoms with Gasteiger partial charge in [0.05, 0.1) is 5.92 Å². The minimum absolute atomic E-state index is 0.0523. The molecule has 0 spiro atoms. The van der Waals surface area contributed by atoms with E-state index in [-0.39, 0.29) is 23.9 Å². The van der Waals surface area contributed by atoms with Crippen molar-refractivity contribution in [2.45, 2.75) is 58.5 Å². The van der Waals surface area contributed by atoms with Crippen molar-refractivity contribution in [1.82, 2.24) is 5.32 Å². The molecule has 3 N–H and O–H groups in total. The summed E-state index contributed by atoms with van der Waals surface area (Å²) in [6.07, 6.45) is 4.14. The van der Waals surface area contributed by atoms with Gasteiger partial charge < -0.3 is 11.1 Å². The molecule has 1 fully saturated rings. The van der Waals surface area contributed by atoms with Gasteiger partial charge in [0.25, 0.3) is 0 Å². The van der Waals surface area contributed by atoms with Gasteiger partial charge in [-0.25, -0.2) is 0 Å². The number of rotatable bonds is 4. The highest BCUT2D eigenvalue weighted by Gasteiger charge is 2.31. The summed E-state index contributed by atoms with van der Waals surface area (Å²) in [4.78, 5) is 11.9. The zero-order chi connectivity index (χ0) is 11.4. The topological polar surface area (TPSA) is 55.1 Å². The third-order valence-corrected chi connectivity index (χ3v) is 3.77. The van der Waals surface area contributed by atoms with Gasteiger partial charge in [-0.05, 0) is 25.7 Å². The van der Waals surface area contributed by atoms with Gasteiger partial charge in [-0.3, -0.25) is 4.79 Å². The maximum absolute atomic E-state index is 11.9. The molecule has 0 saturated heterocycles. The molecule has 0 radical (unpaired) electrons. The van der Waals surface area contributed by atoms with Gasteiger partial charge in [0.2, 0.25) is 5.91 Å². The molecule has 15 heavy (non-hydrogen) atoms. The molecular formula is C12H24N2O. The number of amides is 1. The first-order valence-electron chi connectivity index (χ1n) is 6.12. The second-order valence-electron chi connectivity index (χ2n) is 4.88. The van der Waals surface area contributed by atoms with Crippen LogP contribution in [0.1, 0.15) is 46.5 Å². The van der Waals surface area contributed by atoms with Crippen molar-refractivity contribution in [2.24, 2.45) is 17.6 Å². The molecule has 1 rings (SSSR count). The van der Waals surface area contributed by atoms with Crippen LogP contribution >= 0.6 is 0 Å². The Balaban J connectivity index is 2.41. The first-order valence-corrected chi connectivity index (χ1v) is 6.12. The van der Waals surface area contributed by atoms with Crippen LogP contribution in [0.15, 0.2) is 0 Å². The summed E-state index contributed by atoms with van der Waals surface area (Å²) in [5, 5.41) is 3.08. The van der Waals surface area contributed by atoms with Crippen molar-refractivity contribution < 1.29 is 4.79 Å². The molecular weight excluding hydrogens is 188 g/mol. The van der Waals surface area contributed by atoms with Crippen molar-refractivity contribution in [1.29, 1.82) is 0 Å². The van der Waals surface area contributed by atoms with Crippen LogP contribution in [0.5, 0.6) is 0 Å². The Morgan fingerprint density at radius 2 is 2.13 bits per heavy atom. The van der Waals surface area contributed by atoms with E-state index in [4.69, 9.17) is 5.73 Å². The summed E-state index contributed by atoms with van der Waals surface area (Å²) >= 11 is 0. The lowest BCUT2D eigenvalue weighted by atomic mass is 9.98. The number of nitrogens with one attached hydrogen (secondary N) is 1. The maximum Gasteiger partial charge on any atom is 0.224 e. The third kappa shape index (κ3) is 3.20. The fourth-order valence-electron chi connectivity index (χ4n) is 2.14. The quantitative estimate of drug-likeness (QED) is 0.744. The average molecular weight is 212 g/mol. The second kappa shape index (κ2) is 5.50. The van der Waals surface area contributed by atoms with E-state index in [1.165, 1.54) is 0 Å². The Morgan fingerprint density at radius 1 is 1.47 bits per heavy atom. The monoisotopic (exact) mass is 212 g/mol. The molecule has 0 aromatic rings. The molecule has 3 nitrogen and oxygen atoms in total. The lowest BCUT2D eigenvalue weighted by Crippen LogP contribution is -2.44. The van der Waals surface area contributed by atoms with Crippen LogP contribution in [0.3, 0.4) is 0 Å². The number of hydrogen-bond donors (Lipinski definition) is 2. The highest BCUT2D eigenvalue weighted by Crippen LogP contribution is 2.24. The zero-order valence-electron chi connectivity index (χ0n) is 10.1. The van der Waals surface area contributed by atoms with E-state index >= 15 is 0 Å². The van der Waals surface area contributed by atoms with Crippen molar-refractivity contribution in [2.75, 3.05) is 0 Å². The standard InChI is InChI=1S/C12H24N2O/c1-4-8(2)9(3)14-12(15)10-6-5-7-11(10)13/h8-11H,4-7,13H2,1-3H3,(H,14,15). The molecule has 0 aromatic carbocycles. The molecule has 1 saturated carbocycles. The Bertz CT molecular complexity index is 218. The van der Waals surface area contributed by atoms with Gasteiger partial charge in [-0.1, -0.05) is 26.7 Å². The molecule has 4 atom stereocenters. The van der Waals surface area contributed by atoms with Crippen LogP contribution in [0, 0.1) is 11.8 Å². The van der Waals surface area contributed by atoms with Crippen LogP contribution in [0.25, 0.3) is 0 Å². The summed E-state index contributed by atoms with van der Waals surface area (Å²) < 4.78 is 0. The van der Waals surface area contributed by atoms with Crippen LogP contribution in [-0.4, -0.2) is 18.0 Å². The summed E-state index contributed by atoms with van der Waals surface area (Å²) in [7, 11) is 0. The number of nitrogens with two attached hydrogens (primary N) is 1. The smallest absolute Gasteiger partial charge is 0.224 e. The molecule has 1 aliphatic carbocycles. The Hall–Kier alpha value is -0.570. The van der Waals surface area contributed by atoms with E-state index in [1.54, 1.807) is 0 Å². The van der Waals surface area contributed by atoms with E-state index in [1.807, 2.05) is 0 Å². The highest BCUT2D eigenvalue weighted by molar-refractivity contribution is 5.80. The van der Waals surface area contributed by atoms with Gasteiger partial charge in [0.1, 0.15) is 0 Å². The minimum atomic E-state index is 0.0523. The summed E-state index contributed by atoms with van der Waals surface area (Å²) in [6, 6.07) is 0.337. The summed E-state index contributed by atoms with van der Waals surface area (Å²) in [5.41, 5.74) is 5.90. The van der Waals surface area contributed by atoms with E-state index in [0.717, 1.165) is 25.7 Å². The lowest BCUT2D eigenvalue weighted by Gasteiger charge is -2.23. The predicted molar refractivity (Wildman–Crippen MR) is 62.4 cm³/mol. The third-order valence-electron chi connectivity index (χ3n) is 3.77.